The number of nitrogens with one attached hydrogen (secondary N) is 2. The van der Waals surface area contributed by atoms with Crippen molar-refractivity contribution < 1.29 is 14.5 Å². The Bertz CT molecular complexity index is 691. The number of halogens is 1. The third-order valence-electron chi connectivity index (χ3n) is 4.14. The molecule has 0 aromatic heterocycles. The number of hydrogen-bond acceptors (Lipinski definition) is 4. The lowest BCUT2D eigenvalue weighted by Gasteiger charge is -2.31. The van der Waals surface area contributed by atoms with Crippen molar-refractivity contribution >= 4 is 52.6 Å². The molecule has 1 fully saturated rings. The predicted molar refractivity (Wildman–Crippen MR) is 103 cm³/mol. The van der Waals surface area contributed by atoms with Gasteiger partial charge in [0.25, 0.3) is 5.91 Å². The van der Waals surface area contributed by atoms with Crippen LogP contribution in [0.5, 0.6) is 0 Å². The highest BCUT2D eigenvalue weighted by Gasteiger charge is 2.38. The summed E-state index contributed by atoms with van der Waals surface area (Å²) in [6.07, 6.45) is 1.41. The predicted octanol–water partition coefficient (Wildman–Crippen LogP) is 0.699. The molecule has 2 amide bonds. The van der Waals surface area contributed by atoms with Gasteiger partial charge in [-0.3, -0.25) is 19.5 Å². The van der Waals surface area contributed by atoms with Gasteiger partial charge in [-0.1, -0.05) is 23.7 Å². The smallest absolute Gasteiger partial charge is 0.251 e. The number of nitrogens with zero attached hydrogens (tertiary/aromatic N) is 2. The Hall–Kier alpha value is -1.83. The number of carbonyl (C=O) groups excluding carboxylic acids is 2. The Morgan fingerprint density at radius 1 is 1.32 bits per heavy atom. The van der Waals surface area contributed by atoms with Crippen LogP contribution in [0.25, 0.3) is 0 Å². The first-order chi connectivity index (χ1) is 12.0. The number of likely N-dealkylation sites (N-methyl/N-ethyl adjacent to an activating group) is 1. The largest absolute Gasteiger partial charge is 0.334 e. The second-order valence-electron chi connectivity index (χ2n) is 5.66. The summed E-state index contributed by atoms with van der Waals surface area (Å²) in [7, 11) is 0. The first-order valence-electron chi connectivity index (χ1n) is 8.26. The van der Waals surface area contributed by atoms with Crippen LogP contribution >= 0.6 is 23.8 Å². The van der Waals surface area contributed by atoms with E-state index < -0.39 is 17.7 Å². The summed E-state index contributed by atoms with van der Waals surface area (Å²) >= 11 is 11.3. The minimum atomic E-state index is -1.00. The molecule has 2 rings (SSSR count). The summed E-state index contributed by atoms with van der Waals surface area (Å²) in [5.41, 5.74) is 0.449. The SMILES string of the molecule is CC[NH+](CC)CCN=CC1C(=O)NC(=S)N(c2ccccc2Cl)C1=O. The number of para-hydroxylation sites is 1. The van der Waals surface area contributed by atoms with Crippen LogP contribution in [0.1, 0.15) is 13.8 Å². The minimum Gasteiger partial charge on any atom is -0.334 e. The van der Waals surface area contributed by atoms with E-state index in [9.17, 15) is 9.59 Å². The first kappa shape index (κ1) is 19.5. The summed E-state index contributed by atoms with van der Waals surface area (Å²) in [5, 5.41) is 2.96. The molecular formula is C17H22ClN4O2S+. The Morgan fingerprint density at radius 3 is 2.64 bits per heavy atom. The monoisotopic (exact) mass is 381 g/mol. The lowest BCUT2D eigenvalue weighted by molar-refractivity contribution is -0.894. The van der Waals surface area contributed by atoms with E-state index in [2.05, 4.69) is 24.2 Å². The lowest BCUT2D eigenvalue weighted by Crippen LogP contribution is -3.11. The van der Waals surface area contributed by atoms with Crippen molar-refractivity contribution in [2.45, 2.75) is 13.8 Å². The number of aliphatic imine (C=N–C) groups is 1. The molecule has 8 heteroatoms. The summed E-state index contributed by atoms with van der Waals surface area (Å²) in [5.74, 6) is -1.91. The Kier molecular flexibility index (Phi) is 7.04. The molecule has 1 saturated heterocycles. The van der Waals surface area contributed by atoms with E-state index in [1.165, 1.54) is 16.0 Å². The van der Waals surface area contributed by atoms with Gasteiger partial charge in [-0.25, -0.2) is 0 Å². The Morgan fingerprint density at radius 2 is 2.00 bits per heavy atom. The van der Waals surface area contributed by atoms with Gasteiger partial charge < -0.3 is 10.2 Å². The van der Waals surface area contributed by atoms with Crippen LogP contribution in [0.3, 0.4) is 0 Å². The Balaban J connectivity index is 2.13. The van der Waals surface area contributed by atoms with Gasteiger partial charge in [0.1, 0.15) is 0 Å². The zero-order valence-corrected chi connectivity index (χ0v) is 15.9. The fourth-order valence-electron chi connectivity index (χ4n) is 2.59. The summed E-state index contributed by atoms with van der Waals surface area (Å²) in [6, 6.07) is 6.86. The van der Waals surface area contributed by atoms with Crippen LogP contribution in [-0.2, 0) is 9.59 Å². The highest BCUT2D eigenvalue weighted by atomic mass is 35.5. The summed E-state index contributed by atoms with van der Waals surface area (Å²) in [6.45, 7) is 7.68. The standard InChI is InChI=1S/C17H21ClN4O2S/c1-3-21(4-2)10-9-19-11-12-15(23)20-17(25)22(16(12)24)14-8-6-5-7-13(14)18/h5-8,11-12H,3-4,9-10H2,1-2H3,(H,20,23,25)/p+1. The van der Waals surface area contributed by atoms with Crippen molar-refractivity contribution in [2.75, 3.05) is 31.1 Å². The number of amides is 2. The third-order valence-corrected chi connectivity index (χ3v) is 4.75. The molecule has 6 nitrogen and oxygen atoms in total. The van der Waals surface area contributed by atoms with Gasteiger partial charge in [0.05, 0.1) is 36.9 Å². The second-order valence-corrected chi connectivity index (χ2v) is 6.45. The van der Waals surface area contributed by atoms with Crippen LogP contribution < -0.4 is 15.1 Å². The van der Waals surface area contributed by atoms with E-state index in [1.54, 1.807) is 24.3 Å². The average Bonchev–Trinajstić information content (AvgIpc) is 2.59. The van der Waals surface area contributed by atoms with Gasteiger partial charge in [0.15, 0.2) is 11.0 Å². The number of benzene rings is 1. The van der Waals surface area contributed by atoms with E-state index in [0.29, 0.717) is 17.3 Å². The number of anilines is 1. The maximum Gasteiger partial charge on any atom is 0.251 e. The van der Waals surface area contributed by atoms with Gasteiger partial charge in [0.2, 0.25) is 5.91 Å². The first-order valence-corrected chi connectivity index (χ1v) is 9.05. The maximum absolute atomic E-state index is 12.8. The number of rotatable bonds is 7. The number of hydrogen-bond donors (Lipinski definition) is 2. The second kappa shape index (κ2) is 9.03. The molecule has 0 bridgehead atoms. The van der Waals surface area contributed by atoms with Gasteiger partial charge in [-0.2, -0.15) is 0 Å². The van der Waals surface area contributed by atoms with Crippen molar-refractivity contribution in [2.24, 2.45) is 10.9 Å². The van der Waals surface area contributed by atoms with Crippen molar-refractivity contribution in [1.82, 2.24) is 5.32 Å². The van der Waals surface area contributed by atoms with Gasteiger partial charge >= 0.3 is 0 Å². The minimum absolute atomic E-state index is 0.0281. The topological polar surface area (TPSA) is 66.2 Å². The van der Waals surface area contributed by atoms with Crippen LogP contribution in [0.2, 0.25) is 5.02 Å². The molecule has 1 aromatic rings. The normalized spacial score (nSPS) is 18.3. The van der Waals surface area contributed by atoms with Gasteiger partial charge in [-0.05, 0) is 38.2 Å². The van der Waals surface area contributed by atoms with Crippen molar-refractivity contribution in [3.63, 3.8) is 0 Å². The molecular weight excluding hydrogens is 360 g/mol. The van der Waals surface area contributed by atoms with Crippen molar-refractivity contribution in [3.05, 3.63) is 29.3 Å². The summed E-state index contributed by atoms with van der Waals surface area (Å²) in [4.78, 5) is 31.8. The Labute approximate surface area is 157 Å². The van der Waals surface area contributed by atoms with Crippen molar-refractivity contribution in [1.29, 1.82) is 0 Å². The van der Waals surface area contributed by atoms with Gasteiger partial charge in [0, 0.05) is 6.21 Å². The van der Waals surface area contributed by atoms with Gasteiger partial charge in [-0.15, -0.1) is 0 Å². The number of quaternary nitrogens is 1. The molecule has 134 valence electrons. The fourth-order valence-corrected chi connectivity index (χ4v) is 3.10. The molecule has 1 aromatic carbocycles. The van der Waals surface area contributed by atoms with E-state index in [0.717, 1.165) is 19.6 Å². The van der Waals surface area contributed by atoms with Crippen molar-refractivity contribution in [3.8, 4) is 0 Å². The zero-order valence-electron chi connectivity index (χ0n) is 14.3. The average molecular weight is 382 g/mol. The molecule has 1 unspecified atom stereocenters. The third kappa shape index (κ3) is 4.62. The molecule has 0 saturated carbocycles. The number of thiocarbonyl (C=S) groups is 1. The van der Waals surface area contributed by atoms with E-state index in [-0.39, 0.29) is 5.11 Å². The zero-order chi connectivity index (χ0) is 18.4. The molecule has 1 aliphatic rings. The molecule has 0 aliphatic carbocycles. The molecule has 1 atom stereocenters. The van der Waals surface area contributed by atoms with E-state index >= 15 is 0 Å². The lowest BCUT2D eigenvalue weighted by atomic mass is 10.1. The quantitative estimate of drug-likeness (QED) is 0.415. The molecule has 25 heavy (non-hydrogen) atoms. The highest BCUT2D eigenvalue weighted by molar-refractivity contribution is 7.80. The highest BCUT2D eigenvalue weighted by Crippen LogP contribution is 2.28. The van der Waals surface area contributed by atoms with E-state index in [4.69, 9.17) is 23.8 Å². The fraction of sp³-hybridized carbons (Fsp3) is 0.412. The molecule has 2 N–H and O–H groups in total. The molecule has 0 radical (unpaired) electrons. The number of carbonyl (C=O) groups is 2. The summed E-state index contributed by atoms with van der Waals surface area (Å²) < 4.78 is 0. The van der Waals surface area contributed by atoms with Crippen LogP contribution in [0, 0.1) is 5.92 Å². The molecule has 1 aliphatic heterocycles. The maximum atomic E-state index is 12.8. The van der Waals surface area contributed by atoms with Crippen LogP contribution in [0.15, 0.2) is 29.3 Å². The molecule has 0 spiro atoms. The van der Waals surface area contributed by atoms with Crippen LogP contribution in [-0.4, -0.2) is 49.3 Å². The van der Waals surface area contributed by atoms with Crippen LogP contribution in [0.4, 0.5) is 5.69 Å². The van der Waals surface area contributed by atoms with E-state index in [1.807, 2.05) is 0 Å². The molecule has 1 heterocycles.